The molecule has 0 amide bonds. The number of hydrogen-bond acceptors (Lipinski definition) is 2. The summed E-state index contributed by atoms with van der Waals surface area (Å²) in [5.41, 5.74) is -0.343. The van der Waals surface area contributed by atoms with Crippen LogP contribution in [0.5, 0.6) is 0 Å². The number of benzene rings is 1. The zero-order valence-electron chi connectivity index (χ0n) is 10.0. The zero-order chi connectivity index (χ0) is 14.8. The first-order valence-electron chi connectivity index (χ1n) is 5.57. The van der Waals surface area contributed by atoms with Crippen LogP contribution < -0.4 is 5.32 Å². The molecule has 7 heteroatoms. The molecule has 106 valence electrons. The lowest BCUT2D eigenvalue weighted by Crippen LogP contribution is -2.08. The van der Waals surface area contributed by atoms with E-state index in [0.29, 0.717) is 10.0 Å². The highest BCUT2D eigenvalue weighted by Gasteiger charge is 2.30. The van der Waals surface area contributed by atoms with Crippen molar-refractivity contribution in [3.05, 3.63) is 57.9 Å². The van der Waals surface area contributed by atoms with Crippen LogP contribution in [0, 0.1) is 5.82 Å². The zero-order valence-corrected chi connectivity index (χ0v) is 11.6. The fraction of sp³-hybridized carbons (Fsp3) is 0.154. The first kappa shape index (κ1) is 14.8. The monoisotopic (exact) mass is 348 g/mol. The van der Waals surface area contributed by atoms with Crippen molar-refractivity contribution in [2.24, 2.45) is 0 Å². The molecule has 0 aliphatic carbocycles. The number of hydrogen-bond donors (Lipinski definition) is 1. The number of anilines is 1. The molecule has 2 rings (SSSR count). The smallest absolute Gasteiger partial charge is 0.364 e. The summed E-state index contributed by atoms with van der Waals surface area (Å²) in [6, 6.07) is 6.07. The molecular formula is C13H9BrF4N2. The summed E-state index contributed by atoms with van der Waals surface area (Å²) in [5, 5.41) is 2.66. The first-order chi connectivity index (χ1) is 9.36. The first-order valence-corrected chi connectivity index (χ1v) is 6.36. The van der Waals surface area contributed by atoms with Crippen LogP contribution in [-0.4, -0.2) is 4.98 Å². The van der Waals surface area contributed by atoms with Crippen molar-refractivity contribution in [2.45, 2.75) is 12.7 Å². The number of pyridine rings is 1. The summed E-state index contributed by atoms with van der Waals surface area (Å²) in [7, 11) is 0. The van der Waals surface area contributed by atoms with E-state index in [0.717, 1.165) is 12.1 Å². The molecule has 0 spiro atoms. The minimum atomic E-state index is -4.39. The van der Waals surface area contributed by atoms with E-state index in [1.54, 1.807) is 0 Å². The molecule has 0 aliphatic heterocycles. The minimum Gasteiger partial charge on any atom is -0.364 e. The second kappa shape index (κ2) is 5.78. The maximum absolute atomic E-state index is 13.5. The van der Waals surface area contributed by atoms with Crippen molar-refractivity contribution in [3.8, 4) is 0 Å². The highest BCUT2D eigenvalue weighted by molar-refractivity contribution is 9.10. The number of rotatable bonds is 3. The van der Waals surface area contributed by atoms with Gasteiger partial charge in [-0.3, -0.25) is 0 Å². The lowest BCUT2D eigenvalue weighted by atomic mass is 10.1. The number of nitrogens with zero attached hydrogens (tertiary/aromatic N) is 1. The molecule has 1 aromatic heterocycles. The topological polar surface area (TPSA) is 24.9 Å². The van der Waals surface area contributed by atoms with Gasteiger partial charge in [-0.05, 0) is 39.7 Å². The Morgan fingerprint density at radius 2 is 1.95 bits per heavy atom. The fourth-order valence-corrected chi connectivity index (χ4v) is 1.89. The van der Waals surface area contributed by atoms with E-state index >= 15 is 0 Å². The number of nitrogens with one attached hydrogen (secondary N) is 1. The van der Waals surface area contributed by atoms with E-state index in [1.807, 2.05) is 0 Å². The quantitative estimate of drug-likeness (QED) is 0.819. The summed E-state index contributed by atoms with van der Waals surface area (Å²) >= 11 is 3.07. The predicted octanol–water partition coefficient (Wildman–Crippen LogP) is 4.61. The Morgan fingerprint density at radius 3 is 2.60 bits per heavy atom. The molecule has 1 N–H and O–H groups in total. The number of halogens is 5. The molecule has 2 aromatic rings. The third-order valence-electron chi connectivity index (χ3n) is 2.52. The average Bonchev–Trinajstić information content (AvgIpc) is 2.37. The molecule has 0 atom stereocenters. The molecule has 0 saturated carbocycles. The van der Waals surface area contributed by atoms with Gasteiger partial charge in [0.05, 0.1) is 5.56 Å². The van der Waals surface area contributed by atoms with Crippen LogP contribution in [0.4, 0.5) is 23.4 Å². The van der Waals surface area contributed by atoms with E-state index in [4.69, 9.17) is 0 Å². The van der Waals surface area contributed by atoms with Gasteiger partial charge in [-0.15, -0.1) is 0 Å². The van der Waals surface area contributed by atoms with Gasteiger partial charge in [-0.25, -0.2) is 9.37 Å². The minimum absolute atomic E-state index is 0.00869. The summed E-state index contributed by atoms with van der Waals surface area (Å²) < 4.78 is 51.6. The molecule has 0 fully saturated rings. The molecule has 0 aliphatic rings. The van der Waals surface area contributed by atoms with Crippen molar-refractivity contribution in [1.29, 1.82) is 0 Å². The Hall–Kier alpha value is -1.63. The Balaban J connectivity index is 2.11. The van der Waals surface area contributed by atoms with Crippen LogP contribution in [0.2, 0.25) is 0 Å². The third-order valence-corrected chi connectivity index (χ3v) is 2.96. The molecule has 1 aromatic carbocycles. The van der Waals surface area contributed by atoms with Crippen LogP contribution in [0.3, 0.4) is 0 Å². The van der Waals surface area contributed by atoms with Crippen molar-refractivity contribution in [2.75, 3.05) is 5.32 Å². The summed E-state index contributed by atoms with van der Waals surface area (Å²) in [4.78, 5) is 3.81. The maximum Gasteiger partial charge on any atom is 0.416 e. The van der Waals surface area contributed by atoms with Crippen LogP contribution in [-0.2, 0) is 12.7 Å². The normalized spacial score (nSPS) is 11.4. The van der Waals surface area contributed by atoms with E-state index in [-0.39, 0.29) is 12.4 Å². The Kier molecular flexibility index (Phi) is 4.27. The second-order valence-corrected chi connectivity index (χ2v) is 4.95. The third kappa shape index (κ3) is 3.69. The molecule has 0 radical (unpaired) electrons. The predicted molar refractivity (Wildman–Crippen MR) is 70.7 cm³/mol. The van der Waals surface area contributed by atoms with Crippen LogP contribution in [0.25, 0.3) is 0 Å². The Labute approximate surface area is 121 Å². The lowest BCUT2D eigenvalue weighted by molar-refractivity contribution is -0.137. The van der Waals surface area contributed by atoms with Gasteiger partial charge in [0.25, 0.3) is 0 Å². The van der Waals surface area contributed by atoms with Gasteiger partial charge in [-0.2, -0.15) is 13.2 Å². The average molecular weight is 349 g/mol. The molecule has 0 saturated heterocycles. The fourth-order valence-electron chi connectivity index (χ4n) is 1.59. The van der Waals surface area contributed by atoms with Crippen molar-refractivity contribution in [3.63, 3.8) is 0 Å². The van der Waals surface area contributed by atoms with Gasteiger partial charge in [0.15, 0.2) is 11.6 Å². The molecule has 1 heterocycles. The Morgan fingerprint density at radius 1 is 1.20 bits per heavy atom. The van der Waals surface area contributed by atoms with Crippen molar-refractivity contribution >= 4 is 21.7 Å². The van der Waals surface area contributed by atoms with Crippen molar-refractivity contribution in [1.82, 2.24) is 4.98 Å². The van der Waals surface area contributed by atoms with E-state index in [9.17, 15) is 17.6 Å². The summed E-state index contributed by atoms with van der Waals surface area (Å²) in [6.07, 6.45) is -2.99. The highest BCUT2D eigenvalue weighted by atomic mass is 79.9. The molecule has 0 unspecified atom stereocenters. The second-order valence-electron chi connectivity index (χ2n) is 4.04. The van der Waals surface area contributed by atoms with Gasteiger partial charge in [0, 0.05) is 17.2 Å². The molecule has 0 bridgehead atoms. The van der Waals surface area contributed by atoms with Gasteiger partial charge in [0.1, 0.15) is 0 Å². The molecule has 2 nitrogen and oxygen atoms in total. The van der Waals surface area contributed by atoms with Gasteiger partial charge >= 0.3 is 6.18 Å². The summed E-state index contributed by atoms with van der Waals surface area (Å²) in [5.74, 6) is -0.586. The van der Waals surface area contributed by atoms with Crippen LogP contribution in [0.15, 0.2) is 41.0 Å². The van der Waals surface area contributed by atoms with E-state index in [2.05, 4.69) is 26.2 Å². The number of alkyl halides is 3. The van der Waals surface area contributed by atoms with Crippen LogP contribution in [0.1, 0.15) is 11.1 Å². The molecule has 20 heavy (non-hydrogen) atoms. The van der Waals surface area contributed by atoms with E-state index < -0.39 is 17.6 Å². The largest absolute Gasteiger partial charge is 0.416 e. The maximum atomic E-state index is 13.5. The van der Waals surface area contributed by atoms with Crippen molar-refractivity contribution < 1.29 is 17.6 Å². The van der Waals surface area contributed by atoms with Gasteiger partial charge in [0.2, 0.25) is 0 Å². The lowest BCUT2D eigenvalue weighted by Gasteiger charge is -2.10. The molecular weight excluding hydrogens is 340 g/mol. The highest BCUT2D eigenvalue weighted by Crippen LogP contribution is 2.29. The Bertz CT molecular complexity index is 614. The van der Waals surface area contributed by atoms with Gasteiger partial charge < -0.3 is 5.32 Å². The standard InChI is InChI=1S/C13H9BrF4N2/c14-10-5-11(15)12(20-7-10)19-6-8-2-1-3-9(4-8)13(16,17)18/h1-5,7H,6H2,(H,19,20). The number of aromatic nitrogens is 1. The summed E-state index contributed by atoms with van der Waals surface area (Å²) in [6.45, 7) is 0.0511. The van der Waals surface area contributed by atoms with Gasteiger partial charge in [-0.1, -0.05) is 12.1 Å². The SMILES string of the molecule is Fc1cc(Br)cnc1NCc1cccc(C(F)(F)F)c1. The van der Waals surface area contributed by atoms with E-state index in [1.165, 1.54) is 24.4 Å². The van der Waals surface area contributed by atoms with Crippen LogP contribution >= 0.6 is 15.9 Å².